The number of nitro groups is 1. The van der Waals surface area contributed by atoms with Crippen LogP contribution in [0.1, 0.15) is 5.56 Å². The van der Waals surface area contributed by atoms with Gasteiger partial charge in [-0.2, -0.15) is 5.26 Å². The molecule has 1 aliphatic rings. The Hall–Kier alpha value is -2.66. The van der Waals surface area contributed by atoms with E-state index in [1.807, 2.05) is 0 Å². The number of para-hydroxylation sites is 1. The number of benzene rings is 1. The summed E-state index contributed by atoms with van der Waals surface area (Å²) in [5.41, 5.74) is -0.337. The lowest BCUT2D eigenvalue weighted by Crippen LogP contribution is -2.50. The Morgan fingerprint density at radius 2 is 2.35 bits per heavy atom. The first kappa shape index (κ1) is 13.8. The van der Waals surface area contributed by atoms with Crippen molar-refractivity contribution in [3.63, 3.8) is 0 Å². The summed E-state index contributed by atoms with van der Waals surface area (Å²) in [5.74, 6) is -1.12. The Morgan fingerprint density at radius 3 is 2.95 bits per heavy atom. The fourth-order valence-electron chi connectivity index (χ4n) is 2.14. The fraction of sp³-hybridized carbons (Fsp3) is 0.333. The van der Waals surface area contributed by atoms with Crippen LogP contribution in [0.25, 0.3) is 0 Å². The number of carboxylic acids is 1. The minimum absolute atomic E-state index is 0.0523. The van der Waals surface area contributed by atoms with Gasteiger partial charge in [-0.25, -0.2) is 4.79 Å². The average molecular weight is 277 g/mol. The fourth-order valence-corrected chi connectivity index (χ4v) is 2.14. The highest BCUT2D eigenvalue weighted by molar-refractivity contribution is 5.81. The van der Waals surface area contributed by atoms with Gasteiger partial charge in [0, 0.05) is 6.54 Å². The molecule has 1 unspecified atom stereocenters. The van der Waals surface area contributed by atoms with E-state index in [2.05, 4.69) is 0 Å². The van der Waals surface area contributed by atoms with E-state index in [0.717, 1.165) is 0 Å². The van der Waals surface area contributed by atoms with E-state index < -0.39 is 16.9 Å². The molecule has 1 N–H and O–H groups in total. The van der Waals surface area contributed by atoms with E-state index in [1.165, 1.54) is 23.1 Å². The molecule has 0 aromatic heterocycles. The molecule has 0 bridgehead atoms. The van der Waals surface area contributed by atoms with Crippen LogP contribution < -0.4 is 4.90 Å². The largest absolute Gasteiger partial charge is 0.480 e. The van der Waals surface area contributed by atoms with Crippen molar-refractivity contribution < 1.29 is 19.6 Å². The second-order valence-electron chi connectivity index (χ2n) is 4.16. The van der Waals surface area contributed by atoms with Crippen LogP contribution in [0, 0.1) is 21.4 Å². The molecule has 1 fully saturated rings. The summed E-state index contributed by atoms with van der Waals surface area (Å²) in [6, 6.07) is 5.02. The zero-order valence-electron chi connectivity index (χ0n) is 10.4. The molecule has 0 amide bonds. The van der Waals surface area contributed by atoms with Crippen LogP contribution in [0.4, 0.5) is 11.4 Å². The van der Waals surface area contributed by atoms with Gasteiger partial charge >= 0.3 is 11.7 Å². The topological polar surface area (TPSA) is 117 Å². The highest BCUT2D eigenvalue weighted by atomic mass is 16.6. The highest BCUT2D eigenvalue weighted by Gasteiger charge is 2.34. The number of morpholine rings is 1. The van der Waals surface area contributed by atoms with Crippen molar-refractivity contribution in [1.82, 2.24) is 0 Å². The van der Waals surface area contributed by atoms with E-state index in [1.54, 1.807) is 6.07 Å². The summed E-state index contributed by atoms with van der Waals surface area (Å²) in [4.78, 5) is 23.1. The predicted octanol–water partition coefficient (Wildman–Crippen LogP) is 0.756. The van der Waals surface area contributed by atoms with E-state index in [4.69, 9.17) is 15.1 Å². The molecule has 20 heavy (non-hydrogen) atoms. The maximum absolute atomic E-state index is 11.2. The van der Waals surface area contributed by atoms with Gasteiger partial charge < -0.3 is 14.7 Å². The molecule has 1 aromatic rings. The first-order valence-corrected chi connectivity index (χ1v) is 5.81. The molecule has 1 aromatic carbocycles. The van der Waals surface area contributed by atoms with Gasteiger partial charge in [-0.3, -0.25) is 10.1 Å². The minimum Gasteiger partial charge on any atom is -0.480 e. The zero-order valence-corrected chi connectivity index (χ0v) is 10.4. The van der Waals surface area contributed by atoms with Crippen LogP contribution in [-0.2, 0) is 9.53 Å². The predicted molar refractivity (Wildman–Crippen MR) is 67.4 cm³/mol. The summed E-state index contributed by atoms with van der Waals surface area (Å²) in [6.07, 6.45) is 0. The van der Waals surface area contributed by atoms with E-state index in [0.29, 0.717) is 0 Å². The van der Waals surface area contributed by atoms with Gasteiger partial charge in [0.1, 0.15) is 17.3 Å². The maximum atomic E-state index is 11.2. The first-order valence-electron chi connectivity index (χ1n) is 5.81. The van der Waals surface area contributed by atoms with Crippen LogP contribution in [0.15, 0.2) is 18.2 Å². The number of nitro benzene ring substituents is 1. The quantitative estimate of drug-likeness (QED) is 0.640. The number of nitrogens with zero attached hydrogens (tertiary/aromatic N) is 3. The van der Waals surface area contributed by atoms with Crippen molar-refractivity contribution >= 4 is 17.3 Å². The smallest absolute Gasteiger partial charge is 0.328 e. The number of carboxylic acid groups (broad SMARTS) is 1. The molecule has 8 heteroatoms. The van der Waals surface area contributed by atoms with Crippen LogP contribution in [0.5, 0.6) is 0 Å². The van der Waals surface area contributed by atoms with Crippen molar-refractivity contribution in [2.45, 2.75) is 6.04 Å². The van der Waals surface area contributed by atoms with Gasteiger partial charge in [-0.05, 0) is 12.1 Å². The molecule has 0 aliphatic carbocycles. The number of rotatable bonds is 3. The summed E-state index contributed by atoms with van der Waals surface area (Å²) >= 11 is 0. The number of hydrogen-bond donors (Lipinski definition) is 1. The van der Waals surface area contributed by atoms with Gasteiger partial charge in [0.2, 0.25) is 0 Å². The van der Waals surface area contributed by atoms with E-state index in [-0.39, 0.29) is 36.7 Å². The van der Waals surface area contributed by atoms with Crippen molar-refractivity contribution in [2.75, 3.05) is 24.7 Å². The minimum atomic E-state index is -1.12. The second-order valence-corrected chi connectivity index (χ2v) is 4.16. The monoisotopic (exact) mass is 277 g/mol. The molecule has 0 saturated carbocycles. The van der Waals surface area contributed by atoms with Crippen molar-refractivity contribution in [3.8, 4) is 6.07 Å². The van der Waals surface area contributed by atoms with Gasteiger partial charge in [-0.15, -0.1) is 0 Å². The molecule has 2 rings (SSSR count). The molecular formula is C12H11N3O5. The second kappa shape index (κ2) is 5.54. The summed E-state index contributed by atoms with van der Waals surface area (Å²) in [6.45, 7) is 0.438. The lowest BCUT2D eigenvalue weighted by atomic mass is 10.1. The first-order chi connectivity index (χ1) is 9.56. The molecule has 1 saturated heterocycles. The van der Waals surface area contributed by atoms with Gasteiger partial charge in [0.15, 0.2) is 6.04 Å². The number of hydrogen-bond acceptors (Lipinski definition) is 6. The van der Waals surface area contributed by atoms with Crippen LogP contribution >= 0.6 is 0 Å². The number of ether oxygens (including phenoxy) is 1. The molecule has 8 nitrogen and oxygen atoms in total. The molecular weight excluding hydrogens is 266 g/mol. The standard InChI is InChI=1S/C12H11N3O5/c13-6-8-2-1-3-9(11(8)15(18)19)14-4-5-20-7-10(14)12(16)17/h1-3,10H,4-5,7H2,(H,16,17). The van der Waals surface area contributed by atoms with Crippen LogP contribution in [0.3, 0.4) is 0 Å². The van der Waals surface area contributed by atoms with Crippen LogP contribution in [-0.4, -0.2) is 41.8 Å². The Balaban J connectivity index is 2.53. The lowest BCUT2D eigenvalue weighted by Gasteiger charge is -2.34. The van der Waals surface area contributed by atoms with Gasteiger partial charge in [0.05, 0.1) is 18.1 Å². The number of carbonyl (C=O) groups is 1. The third-order valence-electron chi connectivity index (χ3n) is 3.04. The third kappa shape index (κ3) is 2.39. The van der Waals surface area contributed by atoms with E-state index in [9.17, 15) is 14.9 Å². The summed E-state index contributed by atoms with van der Waals surface area (Å²) < 4.78 is 5.09. The Morgan fingerprint density at radius 1 is 1.60 bits per heavy atom. The molecule has 1 aliphatic heterocycles. The highest BCUT2D eigenvalue weighted by Crippen LogP contribution is 2.33. The maximum Gasteiger partial charge on any atom is 0.328 e. The summed E-state index contributed by atoms with van der Waals surface area (Å²) in [7, 11) is 0. The molecule has 0 radical (unpaired) electrons. The molecule has 104 valence electrons. The van der Waals surface area contributed by atoms with Gasteiger partial charge in [0.25, 0.3) is 0 Å². The zero-order chi connectivity index (χ0) is 14.7. The summed E-state index contributed by atoms with van der Waals surface area (Å²) in [5, 5.41) is 29.3. The lowest BCUT2D eigenvalue weighted by molar-refractivity contribution is -0.384. The number of nitriles is 1. The van der Waals surface area contributed by atoms with Crippen molar-refractivity contribution in [1.29, 1.82) is 5.26 Å². The molecule has 1 atom stereocenters. The average Bonchev–Trinajstić information content (AvgIpc) is 2.46. The Bertz CT molecular complexity index is 595. The third-order valence-corrected chi connectivity index (χ3v) is 3.04. The number of anilines is 1. The Labute approximate surface area is 113 Å². The van der Waals surface area contributed by atoms with Crippen molar-refractivity contribution in [3.05, 3.63) is 33.9 Å². The Kier molecular flexibility index (Phi) is 3.81. The SMILES string of the molecule is N#Cc1cccc(N2CCOCC2C(=O)O)c1[N+](=O)[O-]. The number of aliphatic carboxylic acids is 1. The molecule has 0 spiro atoms. The van der Waals surface area contributed by atoms with E-state index >= 15 is 0 Å². The van der Waals surface area contributed by atoms with Crippen LogP contribution in [0.2, 0.25) is 0 Å². The van der Waals surface area contributed by atoms with Gasteiger partial charge in [-0.1, -0.05) is 6.07 Å². The normalized spacial score (nSPS) is 18.4. The van der Waals surface area contributed by atoms with Crippen molar-refractivity contribution in [2.24, 2.45) is 0 Å². The molecule has 1 heterocycles.